The van der Waals surface area contributed by atoms with Gasteiger partial charge in [0.2, 0.25) is 5.88 Å². The number of nitrogens with one attached hydrogen (secondary N) is 2. The van der Waals surface area contributed by atoms with Gasteiger partial charge in [-0.25, -0.2) is 9.97 Å². The second-order valence-electron chi connectivity index (χ2n) is 6.18. The standard InChI is InChI=1S/C20H20F3N5OS.HI/c1-24-19(27-11-18-28-16(13-30-18)20(21,22)23)26-10-15-7-8-25-17(9-15)29-12-14-5-3-2-4-6-14;/h2-9,13H,10-12H2,1H3,(H2,24,26,27);1H. The summed E-state index contributed by atoms with van der Waals surface area (Å²) in [7, 11) is 1.58. The van der Waals surface area contributed by atoms with Crippen LogP contribution in [-0.2, 0) is 25.9 Å². The van der Waals surface area contributed by atoms with E-state index in [4.69, 9.17) is 4.74 Å². The third kappa shape index (κ3) is 7.98. The third-order valence-electron chi connectivity index (χ3n) is 3.96. The third-order valence-corrected chi connectivity index (χ3v) is 4.81. The molecule has 0 aliphatic heterocycles. The molecule has 0 saturated carbocycles. The van der Waals surface area contributed by atoms with Crippen molar-refractivity contribution in [2.24, 2.45) is 4.99 Å². The number of alkyl halides is 3. The van der Waals surface area contributed by atoms with E-state index in [0.29, 0.717) is 30.0 Å². The van der Waals surface area contributed by atoms with Crippen LogP contribution in [-0.4, -0.2) is 23.0 Å². The average Bonchev–Trinajstić information content (AvgIpc) is 3.23. The molecule has 0 aliphatic carbocycles. The van der Waals surface area contributed by atoms with Gasteiger partial charge in [0.1, 0.15) is 11.6 Å². The van der Waals surface area contributed by atoms with Crippen molar-refractivity contribution in [2.75, 3.05) is 7.05 Å². The zero-order chi connectivity index (χ0) is 21.4. The number of aromatic nitrogens is 2. The van der Waals surface area contributed by atoms with Crippen molar-refractivity contribution in [3.63, 3.8) is 0 Å². The Kier molecular flexibility index (Phi) is 9.49. The Morgan fingerprint density at radius 3 is 2.52 bits per heavy atom. The number of hydrogen-bond acceptors (Lipinski definition) is 5. The van der Waals surface area contributed by atoms with Crippen LogP contribution in [0.25, 0.3) is 0 Å². The molecule has 0 aliphatic rings. The fourth-order valence-electron chi connectivity index (χ4n) is 2.46. The maximum Gasteiger partial charge on any atom is 0.434 e. The number of benzene rings is 1. The van der Waals surface area contributed by atoms with Crippen molar-refractivity contribution in [2.45, 2.75) is 25.9 Å². The Morgan fingerprint density at radius 1 is 1.10 bits per heavy atom. The Balaban J connectivity index is 0.00000341. The number of rotatable bonds is 7. The highest BCUT2D eigenvalue weighted by Crippen LogP contribution is 2.29. The lowest BCUT2D eigenvalue weighted by atomic mass is 10.2. The summed E-state index contributed by atoms with van der Waals surface area (Å²) in [6.07, 6.45) is -2.78. The quantitative estimate of drug-likeness (QED) is 0.250. The number of thiazole rings is 1. The van der Waals surface area contributed by atoms with E-state index in [2.05, 4.69) is 25.6 Å². The molecule has 2 N–H and O–H groups in total. The molecule has 0 saturated heterocycles. The topological polar surface area (TPSA) is 71.4 Å². The molecule has 0 amide bonds. The summed E-state index contributed by atoms with van der Waals surface area (Å²) in [5.41, 5.74) is 1.08. The lowest BCUT2D eigenvalue weighted by Gasteiger charge is -2.12. The average molecular weight is 563 g/mol. The molecule has 31 heavy (non-hydrogen) atoms. The van der Waals surface area contributed by atoms with Crippen LogP contribution in [0.3, 0.4) is 0 Å². The molecule has 166 valence electrons. The minimum absolute atomic E-state index is 0. The minimum Gasteiger partial charge on any atom is -0.473 e. The highest BCUT2D eigenvalue weighted by Gasteiger charge is 2.33. The molecule has 0 fully saturated rings. The normalized spacial score (nSPS) is 11.5. The number of hydrogen-bond donors (Lipinski definition) is 2. The zero-order valence-corrected chi connectivity index (χ0v) is 19.7. The molecule has 6 nitrogen and oxygen atoms in total. The van der Waals surface area contributed by atoms with Gasteiger partial charge in [-0.3, -0.25) is 4.99 Å². The Labute approximate surface area is 199 Å². The largest absolute Gasteiger partial charge is 0.473 e. The van der Waals surface area contributed by atoms with Crippen molar-refractivity contribution < 1.29 is 17.9 Å². The molecule has 0 spiro atoms. The molecule has 3 aromatic rings. The lowest BCUT2D eigenvalue weighted by Crippen LogP contribution is -2.36. The van der Waals surface area contributed by atoms with Gasteiger partial charge in [-0.15, -0.1) is 35.3 Å². The molecule has 1 aromatic carbocycles. The van der Waals surface area contributed by atoms with E-state index in [9.17, 15) is 13.2 Å². The Morgan fingerprint density at radius 2 is 1.84 bits per heavy atom. The van der Waals surface area contributed by atoms with E-state index in [0.717, 1.165) is 27.8 Å². The summed E-state index contributed by atoms with van der Waals surface area (Å²) in [6, 6.07) is 13.4. The number of guanidine groups is 1. The van der Waals surface area contributed by atoms with Gasteiger partial charge < -0.3 is 15.4 Å². The van der Waals surface area contributed by atoms with Gasteiger partial charge in [-0.1, -0.05) is 30.3 Å². The predicted octanol–water partition coefficient (Wildman–Crippen LogP) is 4.62. The van der Waals surface area contributed by atoms with E-state index >= 15 is 0 Å². The first kappa shape index (κ1) is 24.9. The van der Waals surface area contributed by atoms with Crippen LogP contribution in [0.4, 0.5) is 13.2 Å². The predicted molar refractivity (Wildman–Crippen MR) is 125 cm³/mol. The van der Waals surface area contributed by atoms with Gasteiger partial charge in [0.25, 0.3) is 0 Å². The second-order valence-corrected chi connectivity index (χ2v) is 7.12. The van der Waals surface area contributed by atoms with Crippen LogP contribution in [0.5, 0.6) is 5.88 Å². The Hall–Kier alpha value is -2.41. The first-order valence-electron chi connectivity index (χ1n) is 9.02. The summed E-state index contributed by atoms with van der Waals surface area (Å²) in [6.45, 7) is 0.999. The van der Waals surface area contributed by atoms with E-state index < -0.39 is 11.9 Å². The summed E-state index contributed by atoms with van der Waals surface area (Å²) in [5.74, 6) is 0.950. The molecular weight excluding hydrogens is 542 g/mol. The number of aliphatic imine (C=N–C) groups is 1. The summed E-state index contributed by atoms with van der Waals surface area (Å²) >= 11 is 0.948. The van der Waals surface area contributed by atoms with Crippen LogP contribution < -0.4 is 15.4 Å². The highest BCUT2D eigenvalue weighted by atomic mass is 127. The number of nitrogens with zero attached hydrogens (tertiary/aromatic N) is 3. The van der Waals surface area contributed by atoms with Gasteiger partial charge >= 0.3 is 6.18 Å². The lowest BCUT2D eigenvalue weighted by molar-refractivity contribution is -0.140. The number of ether oxygens (including phenoxy) is 1. The van der Waals surface area contributed by atoms with Gasteiger partial charge in [-0.2, -0.15) is 13.2 Å². The molecule has 0 unspecified atom stereocenters. The molecule has 3 rings (SSSR count). The Bertz CT molecular complexity index is 982. The van der Waals surface area contributed by atoms with E-state index in [1.807, 2.05) is 42.5 Å². The molecule has 2 heterocycles. The highest BCUT2D eigenvalue weighted by molar-refractivity contribution is 14.0. The summed E-state index contributed by atoms with van der Waals surface area (Å²) in [5, 5.41) is 7.38. The summed E-state index contributed by atoms with van der Waals surface area (Å²) in [4.78, 5) is 11.9. The van der Waals surface area contributed by atoms with E-state index in [-0.39, 0.29) is 30.5 Å². The smallest absolute Gasteiger partial charge is 0.434 e. The number of halogens is 4. The molecule has 0 bridgehead atoms. The number of pyridine rings is 1. The van der Waals surface area contributed by atoms with Gasteiger partial charge in [0, 0.05) is 31.2 Å². The minimum atomic E-state index is -4.43. The van der Waals surface area contributed by atoms with Crippen molar-refractivity contribution >= 4 is 41.3 Å². The zero-order valence-electron chi connectivity index (χ0n) is 16.5. The van der Waals surface area contributed by atoms with Crippen LogP contribution in [0.2, 0.25) is 0 Å². The van der Waals surface area contributed by atoms with Crippen LogP contribution in [0.1, 0.15) is 21.8 Å². The molecule has 11 heteroatoms. The van der Waals surface area contributed by atoms with E-state index in [1.165, 1.54) is 0 Å². The van der Waals surface area contributed by atoms with Crippen molar-refractivity contribution in [1.82, 2.24) is 20.6 Å². The second kappa shape index (κ2) is 11.8. The van der Waals surface area contributed by atoms with Crippen molar-refractivity contribution in [1.29, 1.82) is 0 Å². The maximum absolute atomic E-state index is 12.6. The molecule has 0 atom stereocenters. The SMILES string of the molecule is CN=C(NCc1ccnc(OCc2ccccc2)c1)NCc1nc(C(F)(F)F)cs1.I. The summed E-state index contributed by atoms with van der Waals surface area (Å²) < 4.78 is 43.6. The van der Waals surface area contributed by atoms with Gasteiger partial charge in [0.05, 0.1) is 6.54 Å². The monoisotopic (exact) mass is 563 g/mol. The van der Waals surface area contributed by atoms with Crippen molar-refractivity contribution in [3.8, 4) is 5.88 Å². The van der Waals surface area contributed by atoms with Gasteiger partial charge in [-0.05, 0) is 17.2 Å². The van der Waals surface area contributed by atoms with E-state index in [1.54, 1.807) is 13.2 Å². The fraction of sp³-hybridized carbons (Fsp3) is 0.250. The molecular formula is C20H21F3IN5OS. The first-order valence-corrected chi connectivity index (χ1v) is 9.90. The van der Waals surface area contributed by atoms with Crippen molar-refractivity contribution in [3.05, 3.63) is 75.9 Å². The van der Waals surface area contributed by atoms with Crippen LogP contribution >= 0.6 is 35.3 Å². The maximum atomic E-state index is 12.6. The fourth-order valence-corrected chi connectivity index (χ4v) is 3.20. The van der Waals surface area contributed by atoms with Crippen LogP contribution in [0.15, 0.2) is 59.0 Å². The van der Waals surface area contributed by atoms with Crippen LogP contribution in [0, 0.1) is 0 Å². The first-order chi connectivity index (χ1) is 14.4. The molecule has 2 aromatic heterocycles. The van der Waals surface area contributed by atoms with Gasteiger partial charge in [0.15, 0.2) is 11.7 Å². The molecule has 0 radical (unpaired) electrons.